The zero-order valence-corrected chi connectivity index (χ0v) is 14.2. The quantitative estimate of drug-likeness (QED) is 0.791. The zero-order valence-electron chi connectivity index (χ0n) is 14.2. The number of nitrogens with one attached hydrogen (secondary N) is 1. The largest absolute Gasteiger partial charge is 0.497 e. The van der Waals surface area contributed by atoms with Gasteiger partial charge in [-0.2, -0.15) is 10.1 Å². The Bertz CT molecular complexity index is 843. The zero-order chi connectivity index (χ0) is 17.2. The van der Waals surface area contributed by atoms with Gasteiger partial charge in [-0.3, -0.25) is 0 Å². The van der Waals surface area contributed by atoms with Crippen LogP contribution in [0.1, 0.15) is 29.6 Å². The van der Waals surface area contributed by atoms with Crippen LogP contribution in [-0.2, 0) is 0 Å². The van der Waals surface area contributed by atoms with Crippen molar-refractivity contribution in [3.63, 3.8) is 0 Å². The molecule has 0 unspecified atom stereocenters. The number of methoxy groups -OCH3 is 2. The SMILES string of the molecule is COc1ccc([C@H]2C[C@@H](c3ccc(OC)cc3)n3ncnc3N2)cc1. The number of benzene rings is 2. The monoisotopic (exact) mass is 336 g/mol. The standard InChI is InChI=1S/C19H20N4O2/c1-24-15-7-3-13(4-8-15)17-11-18(23-19(22-17)20-12-21-23)14-5-9-16(25-2)10-6-14/h3-10,12,17-18H,11H2,1-2H3,(H,20,21,22)/t17-,18+/m1/s1. The van der Waals surface area contributed by atoms with Gasteiger partial charge in [0.1, 0.15) is 17.8 Å². The van der Waals surface area contributed by atoms with E-state index in [0.717, 1.165) is 23.9 Å². The predicted octanol–water partition coefficient (Wildman–Crippen LogP) is 3.44. The highest BCUT2D eigenvalue weighted by Gasteiger charge is 2.29. The summed E-state index contributed by atoms with van der Waals surface area (Å²) in [5.41, 5.74) is 2.39. The van der Waals surface area contributed by atoms with Crippen LogP contribution in [0.15, 0.2) is 54.9 Å². The van der Waals surface area contributed by atoms with E-state index in [0.29, 0.717) is 0 Å². The molecule has 2 heterocycles. The van der Waals surface area contributed by atoms with Crippen molar-refractivity contribution in [1.29, 1.82) is 0 Å². The second-order valence-electron chi connectivity index (χ2n) is 6.02. The van der Waals surface area contributed by atoms with Crippen molar-refractivity contribution in [2.45, 2.75) is 18.5 Å². The first-order valence-electron chi connectivity index (χ1n) is 8.22. The average molecular weight is 336 g/mol. The van der Waals surface area contributed by atoms with E-state index in [9.17, 15) is 0 Å². The lowest BCUT2D eigenvalue weighted by Crippen LogP contribution is -2.28. The van der Waals surface area contributed by atoms with E-state index >= 15 is 0 Å². The molecular weight excluding hydrogens is 316 g/mol. The molecule has 2 aromatic carbocycles. The molecule has 6 heteroatoms. The molecule has 2 atom stereocenters. The summed E-state index contributed by atoms with van der Waals surface area (Å²) in [5.74, 6) is 2.49. The van der Waals surface area contributed by atoms with E-state index in [2.05, 4.69) is 39.7 Å². The molecule has 25 heavy (non-hydrogen) atoms. The number of fused-ring (bicyclic) bond motifs is 1. The highest BCUT2D eigenvalue weighted by molar-refractivity contribution is 5.40. The highest BCUT2D eigenvalue weighted by Crippen LogP contribution is 2.37. The maximum Gasteiger partial charge on any atom is 0.222 e. The van der Waals surface area contributed by atoms with E-state index in [1.807, 2.05) is 28.9 Å². The third-order valence-corrected chi connectivity index (χ3v) is 4.65. The highest BCUT2D eigenvalue weighted by atomic mass is 16.5. The van der Waals surface area contributed by atoms with Crippen LogP contribution in [0.3, 0.4) is 0 Å². The van der Waals surface area contributed by atoms with Gasteiger partial charge in [-0.05, 0) is 41.8 Å². The molecular formula is C19H20N4O2. The Balaban J connectivity index is 1.66. The second kappa shape index (κ2) is 6.47. The number of aromatic nitrogens is 3. The van der Waals surface area contributed by atoms with Gasteiger partial charge in [0.25, 0.3) is 0 Å². The van der Waals surface area contributed by atoms with Crippen LogP contribution in [0.4, 0.5) is 5.95 Å². The fourth-order valence-electron chi connectivity index (χ4n) is 3.28. The van der Waals surface area contributed by atoms with Crippen molar-refractivity contribution >= 4 is 5.95 Å². The minimum Gasteiger partial charge on any atom is -0.497 e. The molecule has 0 radical (unpaired) electrons. The third-order valence-electron chi connectivity index (χ3n) is 4.65. The van der Waals surface area contributed by atoms with Crippen LogP contribution >= 0.6 is 0 Å². The number of ether oxygens (including phenoxy) is 2. The molecule has 1 aromatic heterocycles. The summed E-state index contributed by atoms with van der Waals surface area (Å²) in [5, 5.41) is 7.88. The van der Waals surface area contributed by atoms with Gasteiger partial charge in [-0.25, -0.2) is 4.68 Å². The maximum atomic E-state index is 5.26. The summed E-state index contributed by atoms with van der Waals surface area (Å²) in [6.45, 7) is 0. The van der Waals surface area contributed by atoms with Gasteiger partial charge in [0.15, 0.2) is 0 Å². The minimum atomic E-state index is 0.122. The topological polar surface area (TPSA) is 61.2 Å². The van der Waals surface area contributed by atoms with Crippen LogP contribution in [-0.4, -0.2) is 29.0 Å². The summed E-state index contributed by atoms with van der Waals surface area (Å²) in [7, 11) is 3.35. The van der Waals surface area contributed by atoms with Crippen molar-refractivity contribution in [2.24, 2.45) is 0 Å². The molecule has 4 rings (SSSR count). The van der Waals surface area contributed by atoms with Crippen LogP contribution in [0.5, 0.6) is 11.5 Å². The van der Waals surface area contributed by atoms with Crippen LogP contribution in [0, 0.1) is 0 Å². The molecule has 0 spiro atoms. The van der Waals surface area contributed by atoms with Gasteiger partial charge < -0.3 is 14.8 Å². The predicted molar refractivity (Wildman–Crippen MR) is 95.1 cm³/mol. The molecule has 0 amide bonds. The van der Waals surface area contributed by atoms with Crippen molar-refractivity contribution in [1.82, 2.24) is 14.8 Å². The van der Waals surface area contributed by atoms with E-state index in [4.69, 9.17) is 9.47 Å². The fourth-order valence-corrected chi connectivity index (χ4v) is 3.28. The van der Waals surface area contributed by atoms with E-state index in [1.54, 1.807) is 20.5 Å². The molecule has 0 bridgehead atoms. The van der Waals surface area contributed by atoms with Crippen LogP contribution < -0.4 is 14.8 Å². The number of rotatable bonds is 4. The summed E-state index contributed by atoms with van der Waals surface area (Å²) < 4.78 is 12.5. The Hall–Kier alpha value is -3.02. The normalized spacial score (nSPS) is 19.0. The molecule has 6 nitrogen and oxygen atoms in total. The molecule has 0 aliphatic carbocycles. The molecule has 1 N–H and O–H groups in total. The van der Waals surface area contributed by atoms with Gasteiger partial charge in [0, 0.05) is 0 Å². The Kier molecular flexibility index (Phi) is 4.01. The summed E-state index contributed by atoms with van der Waals surface area (Å²) >= 11 is 0. The molecule has 0 saturated carbocycles. The van der Waals surface area contributed by atoms with Crippen LogP contribution in [0.25, 0.3) is 0 Å². The minimum absolute atomic E-state index is 0.122. The number of anilines is 1. The second-order valence-corrected chi connectivity index (χ2v) is 6.02. The molecule has 0 saturated heterocycles. The van der Waals surface area contributed by atoms with Gasteiger partial charge in [0.05, 0.1) is 26.3 Å². The van der Waals surface area contributed by atoms with Gasteiger partial charge in [0.2, 0.25) is 5.95 Å². The lowest BCUT2D eigenvalue weighted by Gasteiger charge is -2.32. The smallest absolute Gasteiger partial charge is 0.222 e. The average Bonchev–Trinajstić information content (AvgIpc) is 3.16. The van der Waals surface area contributed by atoms with Crippen molar-refractivity contribution in [3.05, 3.63) is 66.0 Å². The van der Waals surface area contributed by atoms with Crippen molar-refractivity contribution < 1.29 is 9.47 Å². The molecule has 0 fully saturated rings. The van der Waals surface area contributed by atoms with E-state index in [1.165, 1.54) is 11.1 Å². The Morgan fingerprint density at radius 3 is 2.12 bits per heavy atom. The lowest BCUT2D eigenvalue weighted by atomic mass is 9.93. The Morgan fingerprint density at radius 1 is 0.920 bits per heavy atom. The van der Waals surface area contributed by atoms with Crippen molar-refractivity contribution in [3.8, 4) is 11.5 Å². The van der Waals surface area contributed by atoms with E-state index in [-0.39, 0.29) is 12.1 Å². The first-order valence-corrected chi connectivity index (χ1v) is 8.22. The first kappa shape index (κ1) is 15.5. The molecule has 1 aliphatic heterocycles. The first-order chi connectivity index (χ1) is 12.3. The fraction of sp³-hybridized carbons (Fsp3) is 0.263. The summed E-state index contributed by atoms with van der Waals surface area (Å²) in [4.78, 5) is 4.37. The Labute approximate surface area is 146 Å². The number of hydrogen-bond acceptors (Lipinski definition) is 5. The molecule has 1 aliphatic rings. The summed E-state index contributed by atoms with van der Waals surface area (Å²) in [6.07, 6.45) is 2.48. The lowest BCUT2D eigenvalue weighted by molar-refractivity contribution is 0.410. The van der Waals surface area contributed by atoms with Gasteiger partial charge >= 0.3 is 0 Å². The maximum absolute atomic E-state index is 5.26. The van der Waals surface area contributed by atoms with Crippen LogP contribution in [0.2, 0.25) is 0 Å². The molecule has 3 aromatic rings. The molecule has 128 valence electrons. The summed E-state index contributed by atoms with van der Waals surface area (Å²) in [6, 6.07) is 16.6. The number of hydrogen-bond donors (Lipinski definition) is 1. The van der Waals surface area contributed by atoms with Gasteiger partial charge in [-0.1, -0.05) is 24.3 Å². The number of nitrogens with zero attached hydrogens (tertiary/aromatic N) is 3. The third kappa shape index (κ3) is 2.91. The van der Waals surface area contributed by atoms with Crippen molar-refractivity contribution in [2.75, 3.05) is 19.5 Å². The van der Waals surface area contributed by atoms with Gasteiger partial charge in [-0.15, -0.1) is 0 Å². The Morgan fingerprint density at radius 2 is 1.52 bits per heavy atom. The van der Waals surface area contributed by atoms with E-state index < -0.39 is 0 Å².